The summed E-state index contributed by atoms with van der Waals surface area (Å²) in [7, 11) is 0. The molecule has 0 fully saturated rings. The number of amides is 4. The van der Waals surface area contributed by atoms with Gasteiger partial charge in [0.1, 0.15) is 23.9 Å². The summed E-state index contributed by atoms with van der Waals surface area (Å²) in [5.41, 5.74) is 7.41. The van der Waals surface area contributed by atoms with E-state index in [4.69, 9.17) is 25.5 Å². The van der Waals surface area contributed by atoms with Crippen LogP contribution in [0.3, 0.4) is 0 Å². The lowest BCUT2D eigenvalue weighted by atomic mass is 10.0. The van der Waals surface area contributed by atoms with Gasteiger partial charge in [-0.3, -0.25) is 28.8 Å². The molecule has 0 saturated carbocycles. The van der Waals surface area contributed by atoms with Crippen LogP contribution >= 0.6 is 11.8 Å². The van der Waals surface area contributed by atoms with Crippen LogP contribution in [0.4, 0.5) is 0 Å². The number of thioether (sulfide) groups is 1. The van der Waals surface area contributed by atoms with E-state index in [1.54, 1.807) is 42.5 Å². The summed E-state index contributed by atoms with van der Waals surface area (Å²) in [6.45, 7) is 3.12. The van der Waals surface area contributed by atoms with E-state index in [1.165, 1.54) is 30.8 Å². The molecule has 0 aliphatic carbocycles. The van der Waals surface area contributed by atoms with Crippen LogP contribution in [0.1, 0.15) is 38.3 Å². The number of hydrogen-bond donors (Lipinski definition) is 9. The highest BCUT2D eigenvalue weighted by Gasteiger charge is 2.27. The maximum atomic E-state index is 13.0. The number of nitrogens with one attached hydrogen (secondary N) is 4. The second-order valence-corrected chi connectivity index (χ2v) is 11.4. The molecule has 4 atom stereocenters. The molecule has 2 aromatic carbocycles. The summed E-state index contributed by atoms with van der Waals surface area (Å²) >= 11 is 1.45. The van der Waals surface area contributed by atoms with Crippen molar-refractivity contribution in [3.05, 3.63) is 65.7 Å². The Kier molecular flexibility index (Phi) is 21.5. The van der Waals surface area contributed by atoms with Crippen LogP contribution in [0.15, 0.2) is 54.6 Å². The van der Waals surface area contributed by atoms with Crippen molar-refractivity contribution in [2.75, 3.05) is 18.6 Å². The fourth-order valence-electron chi connectivity index (χ4n) is 3.75. The van der Waals surface area contributed by atoms with Crippen LogP contribution in [0, 0.1) is 0 Å². The van der Waals surface area contributed by atoms with Gasteiger partial charge in [0.15, 0.2) is 0 Å². The molecule has 0 bridgehead atoms. The van der Waals surface area contributed by atoms with Crippen LogP contribution in [-0.4, -0.2) is 105 Å². The Labute approximate surface area is 288 Å². The van der Waals surface area contributed by atoms with Gasteiger partial charge in [-0.05, 0) is 55.0 Å². The Bertz CT molecular complexity index is 1360. The molecular formula is C32H45N5O11S. The van der Waals surface area contributed by atoms with Crippen LogP contribution in [-0.2, 0) is 46.4 Å². The molecule has 0 aromatic heterocycles. The number of phenolic OH excluding ortho intramolecular Hbond substituents is 1. The number of carboxylic acid groups (broad SMARTS) is 3. The lowest BCUT2D eigenvalue weighted by Gasteiger charge is -2.22. The van der Waals surface area contributed by atoms with Gasteiger partial charge in [-0.25, -0.2) is 4.79 Å². The van der Waals surface area contributed by atoms with Crippen LogP contribution in [0.25, 0.3) is 0 Å². The number of carbonyl (C=O) groups excluding carboxylic acids is 4. The number of carboxylic acids is 3. The number of hydrogen-bond acceptors (Lipinski definition) is 10. The fraction of sp³-hybridized carbons (Fsp3) is 0.406. The summed E-state index contributed by atoms with van der Waals surface area (Å²) in [5.74, 6) is -4.78. The number of phenols is 1. The van der Waals surface area contributed by atoms with Crippen molar-refractivity contribution in [1.29, 1.82) is 0 Å². The number of benzene rings is 2. The first-order valence-electron chi connectivity index (χ1n) is 14.8. The van der Waals surface area contributed by atoms with Gasteiger partial charge in [0, 0.05) is 20.3 Å². The molecule has 0 radical (unpaired) electrons. The zero-order valence-corrected chi connectivity index (χ0v) is 28.5. The zero-order chi connectivity index (χ0) is 37.5. The van der Waals surface area contributed by atoms with Gasteiger partial charge in [-0.15, -0.1) is 0 Å². The predicted molar refractivity (Wildman–Crippen MR) is 182 cm³/mol. The largest absolute Gasteiger partial charge is 0.508 e. The number of aromatic hydroxyl groups is 1. The number of aliphatic carboxylic acids is 3. The van der Waals surface area contributed by atoms with Crippen molar-refractivity contribution in [1.82, 2.24) is 21.3 Å². The maximum absolute atomic E-state index is 13.0. The Morgan fingerprint density at radius 3 is 1.78 bits per heavy atom. The number of rotatable bonds is 16. The van der Waals surface area contributed by atoms with Crippen LogP contribution < -0.4 is 27.0 Å². The summed E-state index contributed by atoms with van der Waals surface area (Å²) in [4.78, 5) is 80.2. The number of carbonyl (C=O) groups is 7. The van der Waals surface area contributed by atoms with Crippen molar-refractivity contribution < 1.29 is 54.0 Å². The third-order valence-electron chi connectivity index (χ3n) is 6.06. The second kappa shape index (κ2) is 24.1. The van der Waals surface area contributed by atoms with Crippen molar-refractivity contribution >= 4 is 53.3 Å². The Morgan fingerprint density at radius 1 is 0.735 bits per heavy atom. The monoisotopic (exact) mass is 707 g/mol. The first-order chi connectivity index (χ1) is 23.0. The highest BCUT2D eigenvalue weighted by molar-refractivity contribution is 7.98. The molecule has 0 heterocycles. The molecule has 2 aromatic rings. The first-order valence-corrected chi connectivity index (χ1v) is 16.2. The maximum Gasteiger partial charge on any atom is 0.326 e. The molecule has 0 unspecified atom stereocenters. The topological polar surface area (TPSA) is 275 Å². The molecule has 0 saturated heterocycles. The predicted octanol–water partition coefficient (Wildman–Crippen LogP) is 0.115. The van der Waals surface area contributed by atoms with E-state index in [0.717, 1.165) is 25.0 Å². The molecule has 0 aliphatic heterocycles. The standard InChI is InChI=1S/C28H37N5O7S.2C2H4O2/c1-17(31-26(37)21(29)14-19-8-10-20(34)11-9-19)25(36)30-16-24(35)32-23(15-18-6-4-3-5-7-18)27(38)33-22(28(39)40)12-13-41-2;2*1-2(3)4/h3-11,17,21-23,34H,12-16,29H2,1-2H3,(H,30,36)(H,31,37)(H,32,35)(H,33,38)(H,39,40);2*1H3,(H,3,4)/t17-,21+,22-,23+;;/m1../s1. The van der Waals surface area contributed by atoms with Crippen molar-refractivity contribution in [3.63, 3.8) is 0 Å². The van der Waals surface area contributed by atoms with Gasteiger partial charge in [-0.2, -0.15) is 11.8 Å². The molecule has 2 rings (SSSR count). The van der Waals surface area contributed by atoms with Gasteiger partial charge in [0.25, 0.3) is 11.9 Å². The average molecular weight is 708 g/mol. The molecule has 0 aliphatic rings. The van der Waals surface area contributed by atoms with E-state index < -0.39 is 72.2 Å². The van der Waals surface area contributed by atoms with E-state index in [-0.39, 0.29) is 25.0 Å². The number of nitrogens with two attached hydrogens (primary N) is 1. The Morgan fingerprint density at radius 2 is 1.27 bits per heavy atom. The van der Waals surface area contributed by atoms with Gasteiger partial charge >= 0.3 is 5.97 Å². The van der Waals surface area contributed by atoms with E-state index in [1.807, 2.05) is 6.26 Å². The summed E-state index contributed by atoms with van der Waals surface area (Å²) < 4.78 is 0. The third kappa shape index (κ3) is 21.4. The molecular weight excluding hydrogens is 662 g/mol. The quantitative estimate of drug-likeness (QED) is 0.112. The molecule has 4 amide bonds. The molecule has 270 valence electrons. The normalized spacial score (nSPS) is 12.4. The smallest absolute Gasteiger partial charge is 0.326 e. The lowest BCUT2D eigenvalue weighted by Crippen LogP contribution is -2.55. The minimum Gasteiger partial charge on any atom is -0.508 e. The van der Waals surface area contributed by atoms with E-state index in [0.29, 0.717) is 5.75 Å². The molecule has 16 nitrogen and oxygen atoms in total. The van der Waals surface area contributed by atoms with Crippen LogP contribution in [0.5, 0.6) is 5.75 Å². The van der Waals surface area contributed by atoms with Crippen molar-refractivity contribution in [2.45, 2.75) is 64.2 Å². The van der Waals surface area contributed by atoms with Gasteiger partial charge < -0.3 is 47.4 Å². The SMILES string of the molecule is CC(=O)O.CC(=O)O.CSCC[C@@H](NC(=O)[C@H](Cc1ccccc1)NC(=O)CNC(=O)[C@@H](C)NC(=O)[C@@H](N)Cc1ccc(O)cc1)C(=O)O. The third-order valence-corrected chi connectivity index (χ3v) is 6.71. The van der Waals surface area contributed by atoms with Crippen LogP contribution in [0.2, 0.25) is 0 Å². The lowest BCUT2D eigenvalue weighted by molar-refractivity contribution is -0.142. The minimum absolute atomic E-state index is 0.0868. The zero-order valence-electron chi connectivity index (χ0n) is 27.7. The van der Waals surface area contributed by atoms with E-state index in [2.05, 4.69) is 21.3 Å². The molecule has 49 heavy (non-hydrogen) atoms. The van der Waals surface area contributed by atoms with Gasteiger partial charge in [-0.1, -0.05) is 42.5 Å². The summed E-state index contributed by atoms with van der Waals surface area (Å²) in [6, 6.07) is 11.0. The molecule has 0 spiro atoms. The van der Waals surface area contributed by atoms with Crippen molar-refractivity contribution in [2.24, 2.45) is 5.73 Å². The average Bonchev–Trinajstić information content (AvgIpc) is 3.02. The Balaban J connectivity index is 0.00000258. The van der Waals surface area contributed by atoms with E-state index >= 15 is 0 Å². The first kappa shape index (κ1) is 43.8. The molecule has 17 heteroatoms. The second-order valence-electron chi connectivity index (χ2n) is 10.5. The minimum atomic E-state index is -1.18. The fourth-order valence-corrected chi connectivity index (χ4v) is 4.23. The molecule has 10 N–H and O–H groups in total. The summed E-state index contributed by atoms with van der Waals surface area (Å²) in [6.07, 6.45) is 2.33. The highest BCUT2D eigenvalue weighted by atomic mass is 32.2. The van der Waals surface area contributed by atoms with Gasteiger partial charge in [0.2, 0.25) is 23.6 Å². The summed E-state index contributed by atoms with van der Waals surface area (Å²) in [5, 5.41) is 43.6. The van der Waals surface area contributed by atoms with E-state index in [9.17, 15) is 34.2 Å². The Hall–Kier alpha value is -5.16. The van der Waals surface area contributed by atoms with Crippen molar-refractivity contribution in [3.8, 4) is 5.75 Å². The van der Waals surface area contributed by atoms with Gasteiger partial charge in [0.05, 0.1) is 12.6 Å². The highest BCUT2D eigenvalue weighted by Crippen LogP contribution is 2.11.